The average molecular weight is 280 g/mol. The Morgan fingerprint density at radius 3 is 2.80 bits per heavy atom. The van der Waals surface area contributed by atoms with Crippen molar-refractivity contribution in [2.75, 3.05) is 12.3 Å². The fourth-order valence-corrected chi connectivity index (χ4v) is 1.65. The van der Waals surface area contributed by atoms with Crippen LogP contribution in [0, 0.1) is 18.6 Å². The first-order chi connectivity index (χ1) is 9.52. The van der Waals surface area contributed by atoms with E-state index >= 15 is 0 Å². The van der Waals surface area contributed by atoms with Crippen molar-refractivity contribution < 1.29 is 13.5 Å². The SMILES string of the molecule is CCOc1ccc(F)c(C=Nn2cc(C)nc2N)c1F. The quantitative estimate of drug-likeness (QED) is 0.874. The largest absolute Gasteiger partial charge is 0.491 e. The van der Waals surface area contributed by atoms with E-state index < -0.39 is 11.6 Å². The molecule has 1 aromatic heterocycles. The highest BCUT2D eigenvalue weighted by atomic mass is 19.1. The number of hydrogen-bond donors (Lipinski definition) is 1. The Morgan fingerprint density at radius 2 is 2.20 bits per heavy atom. The molecular formula is C13H14F2N4O. The minimum absolute atomic E-state index is 0.0230. The number of imidazole rings is 1. The van der Waals surface area contributed by atoms with Crippen molar-refractivity contribution in [2.24, 2.45) is 5.10 Å². The Labute approximate surface area is 114 Å². The zero-order valence-corrected chi connectivity index (χ0v) is 11.1. The van der Waals surface area contributed by atoms with Gasteiger partial charge in [-0.15, -0.1) is 0 Å². The van der Waals surface area contributed by atoms with Gasteiger partial charge in [-0.3, -0.25) is 0 Å². The molecule has 2 aromatic rings. The summed E-state index contributed by atoms with van der Waals surface area (Å²) in [5.74, 6) is -1.42. The van der Waals surface area contributed by atoms with Crippen LogP contribution in [0.4, 0.5) is 14.7 Å². The van der Waals surface area contributed by atoms with Crippen LogP contribution in [0.25, 0.3) is 0 Å². The number of anilines is 1. The van der Waals surface area contributed by atoms with E-state index in [4.69, 9.17) is 10.5 Å². The molecule has 7 heteroatoms. The third-order valence-corrected chi connectivity index (χ3v) is 2.54. The van der Waals surface area contributed by atoms with Crippen molar-refractivity contribution in [3.63, 3.8) is 0 Å². The lowest BCUT2D eigenvalue weighted by molar-refractivity contribution is 0.320. The fraction of sp³-hybridized carbons (Fsp3) is 0.231. The fourth-order valence-electron chi connectivity index (χ4n) is 1.65. The van der Waals surface area contributed by atoms with E-state index in [1.807, 2.05) is 0 Å². The van der Waals surface area contributed by atoms with Crippen molar-refractivity contribution in [2.45, 2.75) is 13.8 Å². The molecule has 2 N–H and O–H groups in total. The highest BCUT2D eigenvalue weighted by Gasteiger charge is 2.13. The second kappa shape index (κ2) is 5.68. The molecule has 0 unspecified atom stereocenters. The van der Waals surface area contributed by atoms with Gasteiger partial charge < -0.3 is 10.5 Å². The minimum Gasteiger partial charge on any atom is -0.491 e. The van der Waals surface area contributed by atoms with E-state index in [2.05, 4.69) is 10.1 Å². The molecule has 106 valence electrons. The first kappa shape index (κ1) is 14.0. The third-order valence-electron chi connectivity index (χ3n) is 2.54. The molecule has 1 aromatic carbocycles. The molecule has 0 spiro atoms. The summed E-state index contributed by atoms with van der Waals surface area (Å²) in [5, 5.41) is 3.89. The molecule has 0 aliphatic carbocycles. The summed E-state index contributed by atoms with van der Waals surface area (Å²) in [6.07, 6.45) is 2.60. The summed E-state index contributed by atoms with van der Waals surface area (Å²) >= 11 is 0. The third kappa shape index (κ3) is 2.76. The van der Waals surface area contributed by atoms with Crippen LogP contribution in [0.2, 0.25) is 0 Å². The maximum atomic E-state index is 14.0. The molecule has 0 radical (unpaired) electrons. The maximum Gasteiger partial charge on any atom is 0.221 e. The van der Waals surface area contributed by atoms with Gasteiger partial charge in [0.1, 0.15) is 5.82 Å². The molecule has 0 saturated carbocycles. The van der Waals surface area contributed by atoms with Crippen molar-refractivity contribution in [1.82, 2.24) is 9.66 Å². The van der Waals surface area contributed by atoms with Crippen LogP contribution in [0.15, 0.2) is 23.4 Å². The average Bonchev–Trinajstić information content (AvgIpc) is 2.71. The lowest BCUT2D eigenvalue weighted by Crippen LogP contribution is -2.02. The Balaban J connectivity index is 2.37. The number of halogens is 2. The van der Waals surface area contributed by atoms with Crippen LogP contribution in [-0.4, -0.2) is 22.5 Å². The molecule has 0 fully saturated rings. The number of nitrogens with zero attached hydrogens (tertiary/aromatic N) is 3. The summed E-state index contributed by atoms with van der Waals surface area (Å²) in [7, 11) is 0. The Hall–Kier alpha value is -2.44. The molecular weight excluding hydrogens is 266 g/mol. The van der Waals surface area contributed by atoms with Crippen LogP contribution >= 0.6 is 0 Å². The molecule has 0 aliphatic heterocycles. The number of nitrogens with two attached hydrogens (primary N) is 1. The zero-order chi connectivity index (χ0) is 14.7. The van der Waals surface area contributed by atoms with E-state index in [0.717, 1.165) is 12.3 Å². The van der Waals surface area contributed by atoms with Gasteiger partial charge in [-0.2, -0.15) is 5.10 Å². The number of nitrogen functional groups attached to an aromatic ring is 1. The molecule has 0 aliphatic rings. The zero-order valence-electron chi connectivity index (χ0n) is 11.1. The van der Waals surface area contributed by atoms with Crippen LogP contribution in [0.1, 0.15) is 18.2 Å². The summed E-state index contributed by atoms with van der Waals surface area (Å²) in [4.78, 5) is 3.93. The Kier molecular flexibility index (Phi) is 3.97. The van der Waals surface area contributed by atoms with E-state index in [1.54, 1.807) is 20.0 Å². The number of ether oxygens (including phenoxy) is 1. The predicted molar refractivity (Wildman–Crippen MR) is 71.9 cm³/mol. The standard InChI is InChI=1S/C13H14F2N4O/c1-3-20-11-5-4-10(14)9(12(11)15)6-17-19-7-8(2)18-13(19)16/h4-7H,3H2,1-2H3,(H2,16,18). The highest BCUT2D eigenvalue weighted by molar-refractivity contribution is 5.81. The highest BCUT2D eigenvalue weighted by Crippen LogP contribution is 2.22. The smallest absolute Gasteiger partial charge is 0.221 e. The number of hydrogen-bond acceptors (Lipinski definition) is 4. The van der Waals surface area contributed by atoms with Crippen molar-refractivity contribution in [3.05, 3.63) is 41.2 Å². The Morgan fingerprint density at radius 1 is 1.45 bits per heavy atom. The van der Waals surface area contributed by atoms with Crippen molar-refractivity contribution in [3.8, 4) is 5.75 Å². The van der Waals surface area contributed by atoms with Gasteiger partial charge in [-0.05, 0) is 26.0 Å². The van der Waals surface area contributed by atoms with Crippen molar-refractivity contribution >= 4 is 12.2 Å². The molecule has 0 saturated heterocycles. The van der Waals surface area contributed by atoms with Gasteiger partial charge in [0.2, 0.25) is 5.95 Å². The summed E-state index contributed by atoms with van der Waals surface area (Å²) in [6, 6.07) is 2.36. The monoisotopic (exact) mass is 280 g/mol. The van der Waals surface area contributed by atoms with Gasteiger partial charge in [0.15, 0.2) is 11.6 Å². The molecule has 1 heterocycles. The molecule has 0 atom stereocenters. The van der Waals surface area contributed by atoms with Crippen LogP contribution in [0.3, 0.4) is 0 Å². The van der Waals surface area contributed by atoms with Crippen LogP contribution < -0.4 is 10.5 Å². The van der Waals surface area contributed by atoms with E-state index in [-0.39, 0.29) is 23.9 Å². The number of benzene rings is 1. The molecule has 2 rings (SSSR count). The van der Waals surface area contributed by atoms with E-state index in [1.165, 1.54) is 10.7 Å². The molecule has 20 heavy (non-hydrogen) atoms. The normalized spacial score (nSPS) is 11.2. The van der Waals surface area contributed by atoms with Crippen molar-refractivity contribution in [1.29, 1.82) is 0 Å². The van der Waals surface area contributed by atoms with Gasteiger partial charge in [0.25, 0.3) is 0 Å². The molecule has 0 amide bonds. The number of aryl methyl sites for hydroxylation is 1. The number of rotatable bonds is 4. The minimum atomic E-state index is -0.800. The van der Waals surface area contributed by atoms with Gasteiger partial charge in [0, 0.05) is 0 Å². The maximum absolute atomic E-state index is 14.0. The second-order valence-electron chi connectivity index (χ2n) is 4.04. The molecule has 0 bridgehead atoms. The van der Waals surface area contributed by atoms with Gasteiger partial charge in [-0.1, -0.05) is 0 Å². The lowest BCUT2D eigenvalue weighted by Gasteiger charge is -2.07. The van der Waals surface area contributed by atoms with Crippen LogP contribution in [0.5, 0.6) is 5.75 Å². The summed E-state index contributed by atoms with van der Waals surface area (Å²) < 4.78 is 34.0. The summed E-state index contributed by atoms with van der Waals surface area (Å²) in [5.41, 5.74) is 5.95. The van der Waals surface area contributed by atoms with Crippen LogP contribution in [-0.2, 0) is 0 Å². The van der Waals surface area contributed by atoms with Gasteiger partial charge in [0.05, 0.1) is 30.3 Å². The first-order valence-electron chi connectivity index (χ1n) is 5.99. The number of aromatic nitrogens is 2. The second-order valence-corrected chi connectivity index (χ2v) is 4.04. The Bertz CT molecular complexity index is 652. The van der Waals surface area contributed by atoms with E-state index in [0.29, 0.717) is 5.69 Å². The topological polar surface area (TPSA) is 65.4 Å². The summed E-state index contributed by atoms with van der Waals surface area (Å²) in [6.45, 7) is 3.73. The first-order valence-corrected chi connectivity index (χ1v) is 5.99. The lowest BCUT2D eigenvalue weighted by atomic mass is 10.2. The van der Waals surface area contributed by atoms with E-state index in [9.17, 15) is 8.78 Å². The van der Waals surface area contributed by atoms with Gasteiger partial charge in [-0.25, -0.2) is 18.4 Å². The predicted octanol–water partition coefficient (Wildman–Crippen LogP) is 2.33. The van der Waals surface area contributed by atoms with Gasteiger partial charge >= 0.3 is 0 Å². The molecule has 5 nitrogen and oxygen atoms in total.